The predicted octanol–water partition coefficient (Wildman–Crippen LogP) is 7.52. The van der Waals surface area contributed by atoms with E-state index >= 15 is 0 Å². The maximum absolute atomic E-state index is 13.8. The van der Waals surface area contributed by atoms with E-state index in [9.17, 15) is 9.59 Å². The summed E-state index contributed by atoms with van der Waals surface area (Å²) in [5.41, 5.74) is 2.51. The second-order valence-electron chi connectivity index (χ2n) is 14.4. The number of hydrogen-bond donors (Lipinski definition) is 2. The Hall–Kier alpha value is -2.44. The van der Waals surface area contributed by atoms with E-state index in [2.05, 4.69) is 67.5 Å². The summed E-state index contributed by atoms with van der Waals surface area (Å²) in [7, 11) is 0. The molecule has 242 valence electrons. The first-order chi connectivity index (χ1) is 20.8. The minimum absolute atomic E-state index is 0.0627. The average molecular weight is 596 g/mol. The molecule has 0 bridgehead atoms. The van der Waals surface area contributed by atoms with Gasteiger partial charge in [0.05, 0.1) is 0 Å². The number of piperidine rings is 1. The minimum Gasteiger partial charge on any atom is -0.385 e. The highest BCUT2D eigenvalue weighted by Crippen LogP contribution is 2.28. The molecule has 2 N–H and O–H groups in total. The molecule has 43 heavy (non-hydrogen) atoms. The Bertz CT molecular complexity index is 958. The number of rotatable bonds is 12. The van der Waals surface area contributed by atoms with Crippen molar-refractivity contribution in [2.75, 3.05) is 49.5 Å². The zero-order valence-electron chi connectivity index (χ0n) is 27.8. The summed E-state index contributed by atoms with van der Waals surface area (Å²) in [5, 5.41) is 6.85. The largest absolute Gasteiger partial charge is 0.385 e. The molecule has 3 aliphatic rings. The number of benzene rings is 1. The van der Waals surface area contributed by atoms with Gasteiger partial charge < -0.3 is 25.3 Å². The van der Waals surface area contributed by atoms with Crippen molar-refractivity contribution >= 4 is 23.3 Å². The van der Waals surface area contributed by atoms with Crippen molar-refractivity contribution in [2.45, 2.75) is 123 Å². The van der Waals surface area contributed by atoms with Crippen LogP contribution in [0.3, 0.4) is 0 Å². The van der Waals surface area contributed by atoms with Gasteiger partial charge in [-0.2, -0.15) is 0 Å². The highest BCUT2D eigenvalue weighted by atomic mass is 16.2. The summed E-state index contributed by atoms with van der Waals surface area (Å²) in [6.45, 7) is 14.1. The molecule has 3 amide bonds. The van der Waals surface area contributed by atoms with Gasteiger partial charge in [0, 0.05) is 56.7 Å². The Balaban J connectivity index is 1.34. The second-order valence-corrected chi connectivity index (χ2v) is 14.4. The fourth-order valence-electron chi connectivity index (χ4n) is 7.17. The fourth-order valence-corrected chi connectivity index (χ4v) is 7.17. The SMILES string of the molecule is CC(C)CCN(c1ccc(NCC2CCCCC2)cc1)C1CCN(C(=O)[C@H](CC(C)C)NC(=O)N2CCCCCC2)CC1. The molecule has 3 fully saturated rings. The summed E-state index contributed by atoms with van der Waals surface area (Å²) >= 11 is 0. The molecular formula is C36H61N5O2. The number of likely N-dealkylation sites (tertiary alicyclic amines) is 2. The molecule has 0 unspecified atom stereocenters. The van der Waals surface area contributed by atoms with Crippen molar-refractivity contribution < 1.29 is 9.59 Å². The Morgan fingerprint density at radius 3 is 2.02 bits per heavy atom. The highest BCUT2D eigenvalue weighted by Gasteiger charge is 2.32. The Kier molecular flexibility index (Phi) is 13.3. The van der Waals surface area contributed by atoms with E-state index in [0.29, 0.717) is 24.3 Å². The van der Waals surface area contributed by atoms with Gasteiger partial charge in [0.1, 0.15) is 6.04 Å². The van der Waals surface area contributed by atoms with E-state index in [1.54, 1.807) is 0 Å². The monoisotopic (exact) mass is 595 g/mol. The Morgan fingerprint density at radius 1 is 0.791 bits per heavy atom. The molecule has 0 aromatic heterocycles. The van der Waals surface area contributed by atoms with Crippen molar-refractivity contribution in [1.82, 2.24) is 15.1 Å². The van der Waals surface area contributed by atoms with Gasteiger partial charge in [0.2, 0.25) is 5.91 Å². The standard InChI is InChI=1S/C36H61N5O2/c1-28(2)18-25-41(32-16-14-31(15-17-32)37-27-30-12-8-7-9-13-30)33-19-23-39(24-20-33)35(42)34(26-29(3)4)38-36(43)40-21-10-5-6-11-22-40/h14-17,28-30,33-34,37H,5-13,18-27H2,1-4H3,(H,38,43)/t34-/m0/s1. The molecule has 1 atom stereocenters. The van der Waals surface area contributed by atoms with E-state index in [1.165, 1.54) is 56.3 Å². The molecule has 2 aliphatic heterocycles. The van der Waals surface area contributed by atoms with Crippen LogP contribution < -0.4 is 15.5 Å². The van der Waals surface area contributed by atoms with E-state index < -0.39 is 6.04 Å². The lowest BCUT2D eigenvalue weighted by atomic mass is 9.89. The maximum Gasteiger partial charge on any atom is 0.318 e. The van der Waals surface area contributed by atoms with Crippen molar-refractivity contribution in [2.24, 2.45) is 17.8 Å². The molecule has 7 nitrogen and oxygen atoms in total. The van der Waals surface area contributed by atoms with E-state index in [0.717, 1.165) is 77.3 Å². The van der Waals surface area contributed by atoms with Crippen LogP contribution in [0.25, 0.3) is 0 Å². The van der Waals surface area contributed by atoms with E-state index in [4.69, 9.17) is 0 Å². The van der Waals surface area contributed by atoms with Crippen LogP contribution in [0, 0.1) is 17.8 Å². The molecule has 1 aliphatic carbocycles. The van der Waals surface area contributed by atoms with Crippen molar-refractivity contribution in [1.29, 1.82) is 0 Å². The summed E-state index contributed by atoms with van der Waals surface area (Å²) in [5.74, 6) is 1.89. The molecule has 0 spiro atoms. The third-order valence-electron chi connectivity index (χ3n) is 9.88. The average Bonchev–Trinajstić information content (AvgIpc) is 3.30. The minimum atomic E-state index is -0.446. The molecule has 7 heteroatoms. The van der Waals surface area contributed by atoms with Crippen molar-refractivity contribution in [3.63, 3.8) is 0 Å². The third kappa shape index (κ3) is 10.6. The lowest BCUT2D eigenvalue weighted by molar-refractivity contribution is -0.134. The summed E-state index contributed by atoms with van der Waals surface area (Å²) in [6, 6.07) is 8.99. The zero-order valence-corrected chi connectivity index (χ0v) is 27.8. The molecule has 1 aromatic rings. The van der Waals surface area contributed by atoms with Gasteiger partial charge in [-0.15, -0.1) is 0 Å². The van der Waals surface area contributed by atoms with Crippen LogP contribution in [0.2, 0.25) is 0 Å². The Morgan fingerprint density at radius 2 is 1.42 bits per heavy atom. The zero-order chi connectivity index (χ0) is 30.6. The molecule has 2 saturated heterocycles. The number of carbonyl (C=O) groups is 2. The number of amides is 3. The van der Waals surface area contributed by atoms with Crippen LogP contribution in [0.4, 0.5) is 16.2 Å². The summed E-state index contributed by atoms with van der Waals surface area (Å²) < 4.78 is 0. The fraction of sp³-hybridized carbons (Fsp3) is 0.778. The smallest absolute Gasteiger partial charge is 0.318 e. The molecule has 4 rings (SSSR count). The number of anilines is 2. The van der Waals surface area contributed by atoms with Crippen molar-refractivity contribution in [3.8, 4) is 0 Å². The first-order valence-corrected chi connectivity index (χ1v) is 17.7. The van der Waals surface area contributed by atoms with Gasteiger partial charge in [0.25, 0.3) is 0 Å². The van der Waals surface area contributed by atoms with Crippen LogP contribution in [-0.4, -0.2) is 73.1 Å². The quantitative estimate of drug-likeness (QED) is 0.262. The number of nitrogens with one attached hydrogen (secondary N) is 2. The van der Waals surface area contributed by atoms with Crippen LogP contribution >= 0.6 is 0 Å². The van der Waals surface area contributed by atoms with E-state index in [1.807, 2.05) is 9.80 Å². The number of urea groups is 1. The van der Waals surface area contributed by atoms with Gasteiger partial charge in [-0.25, -0.2) is 4.79 Å². The topological polar surface area (TPSA) is 67.9 Å². The predicted molar refractivity (Wildman–Crippen MR) is 180 cm³/mol. The van der Waals surface area contributed by atoms with E-state index in [-0.39, 0.29) is 11.9 Å². The highest BCUT2D eigenvalue weighted by molar-refractivity contribution is 5.87. The molecule has 1 aromatic carbocycles. The van der Waals surface area contributed by atoms with Crippen LogP contribution in [0.1, 0.15) is 111 Å². The summed E-state index contributed by atoms with van der Waals surface area (Å²) in [4.78, 5) is 33.4. The van der Waals surface area contributed by atoms with Gasteiger partial charge in [-0.3, -0.25) is 4.79 Å². The molecule has 1 saturated carbocycles. The van der Waals surface area contributed by atoms with Crippen LogP contribution in [0.15, 0.2) is 24.3 Å². The first-order valence-electron chi connectivity index (χ1n) is 17.7. The van der Waals surface area contributed by atoms with Crippen LogP contribution in [-0.2, 0) is 4.79 Å². The van der Waals surface area contributed by atoms with Gasteiger partial charge in [-0.1, -0.05) is 59.8 Å². The molecule has 2 heterocycles. The molecular weight excluding hydrogens is 534 g/mol. The number of carbonyl (C=O) groups excluding carboxylic acids is 2. The number of nitrogens with zero attached hydrogens (tertiary/aromatic N) is 3. The first kappa shape index (κ1) is 33.5. The maximum atomic E-state index is 13.8. The van der Waals surface area contributed by atoms with Gasteiger partial charge >= 0.3 is 6.03 Å². The van der Waals surface area contributed by atoms with Crippen molar-refractivity contribution in [3.05, 3.63) is 24.3 Å². The Labute approximate surface area is 262 Å². The van der Waals surface area contributed by atoms with Gasteiger partial charge in [0.15, 0.2) is 0 Å². The third-order valence-corrected chi connectivity index (χ3v) is 9.88. The molecule has 0 radical (unpaired) electrons. The normalized spacial score (nSPS) is 19.8. The van der Waals surface area contributed by atoms with Crippen LogP contribution in [0.5, 0.6) is 0 Å². The second kappa shape index (κ2) is 17.2. The lowest BCUT2D eigenvalue weighted by Crippen LogP contribution is -2.55. The lowest BCUT2D eigenvalue weighted by Gasteiger charge is -2.41. The number of hydrogen-bond acceptors (Lipinski definition) is 4. The van der Waals surface area contributed by atoms with Gasteiger partial charge in [-0.05, 0) is 93.4 Å². The summed E-state index contributed by atoms with van der Waals surface area (Å²) in [6.07, 6.45) is 15.1.